The van der Waals surface area contributed by atoms with Crippen molar-refractivity contribution in [3.8, 4) is 0 Å². The topological polar surface area (TPSA) is 91.2 Å². The molecule has 2 amide bonds. The molecule has 1 saturated carbocycles. The first-order valence-electron chi connectivity index (χ1n) is 6.70. The Morgan fingerprint density at radius 3 is 2.79 bits per heavy atom. The van der Waals surface area contributed by atoms with Gasteiger partial charge in [-0.25, -0.2) is 0 Å². The molecule has 0 spiro atoms. The Morgan fingerprint density at radius 2 is 2.16 bits per heavy atom. The van der Waals surface area contributed by atoms with Gasteiger partial charge in [-0.1, -0.05) is 0 Å². The standard InChI is InChI=1S/C13H18N4O2/c14-8-6-10(15-7-8)13(19)17-5-1-2-11(17)12(18)16-9-3-4-9/h6-7,9,11,15H,1-5,14H2,(H,16,18). The zero-order valence-corrected chi connectivity index (χ0v) is 10.7. The highest BCUT2D eigenvalue weighted by Gasteiger charge is 2.37. The first kappa shape index (κ1) is 12.1. The van der Waals surface area contributed by atoms with E-state index in [1.807, 2.05) is 0 Å². The summed E-state index contributed by atoms with van der Waals surface area (Å²) in [4.78, 5) is 28.9. The average Bonchev–Trinajstić information content (AvgIpc) is 2.92. The largest absolute Gasteiger partial charge is 0.397 e. The highest BCUT2D eigenvalue weighted by atomic mass is 16.2. The van der Waals surface area contributed by atoms with Gasteiger partial charge in [0, 0.05) is 24.5 Å². The summed E-state index contributed by atoms with van der Waals surface area (Å²) in [7, 11) is 0. The number of carbonyl (C=O) groups is 2. The number of nitrogen functional groups attached to an aromatic ring is 1. The first-order valence-corrected chi connectivity index (χ1v) is 6.70. The molecule has 1 atom stereocenters. The van der Waals surface area contributed by atoms with Crippen LogP contribution in [0.4, 0.5) is 5.69 Å². The normalized spacial score (nSPS) is 22.5. The van der Waals surface area contributed by atoms with Gasteiger partial charge in [-0.05, 0) is 31.7 Å². The zero-order chi connectivity index (χ0) is 13.4. The van der Waals surface area contributed by atoms with Gasteiger partial charge in [0.05, 0.1) is 0 Å². The van der Waals surface area contributed by atoms with Crippen LogP contribution < -0.4 is 11.1 Å². The molecule has 0 aromatic carbocycles. The van der Waals surface area contributed by atoms with Crippen LogP contribution in [0.1, 0.15) is 36.2 Å². The van der Waals surface area contributed by atoms with Gasteiger partial charge in [-0.15, -0.1) is 0 Å². The lowest BCUT2D eigenvalue weighted by molar-refractivity contribution is -0.125. The van der Waals surface area contributed by atoms with Crippen LogP contribution in [0.5, 0.6) is 0 Å². The fraction of sp³-hybridized carbons (Fsp3) is 0.538. The van der Waals surface area contributed by atoms with E-state index in [1.54, 1.807) is 17.2 Å². The maximum atomic E-state index is 12.3. The Labute approximate surface area is 111 Å². The van der Waals surface area contributed by atoms with Gasteiger partial charge < -0.3 is 20.9 Å². The third-order valence-electron chi connectivity index (χ3n) is 3.68. The van der Waals surface area contributed by atoms with E-state index < -0.39 is 0 Å². The van der Waals surface area contributed by atoms with Crippen molar-refractivity contribution >= 4 is 17.5 Å². The molecule has 1 aliphatic heterocycles. The van der Waals surface area contributed by atoms with Gasteiger partial charge >= 0.3 is 0 Å². The molecule has 102 valence electrons. The summed E-state index contributed by atoms with van der Waals surface area (Å²) in [6.45, 7) is 0.626. The molecule has 4 N–H and O–H groups in total. The predicted molar refractivity (Wildman–Crippen MR) is 70.4 cm³/mol. The minimum Gasteiger partial charge on any atom is -0.397 e. The Bertz CT molecular complexity index is 506. The lowest BCUT2D eigenvalue weighted by Crippen LogP contribution is -2.46. The molecule has 0 bridgehead atoms. The van der Waals surface area contributed by atoms with Crippen molar-refractivity contribution in [2.45, 2.75) is 37.8 Å². The molecule has 2 heterocycles. The van der Waals surface area contributed by atoms with Crippen molar-refractivity contribution in [2.24, 2.45) is 0 Å². The van der Waals surface area contributed by atoms with E-state index in [9.17, 15) is 9.59 Å². The van der Waals surface area contributed by atoms with Crippen molar-refractivity contribution in [1.82, 2.24) is 15.2 Å². The van der Waals surface area contributed by atoms with Crippen LogP contribution >= 0.6 is 0 Å². The molecule has 1 aromatic rings. The number of amides is 2. The minimum absolute atomic E-state index is 0.0205. The van der Waals surface area contributed by atoms with Crippen LogP contribution in [-0.4, -0.2) is 40.3 Å². The second-order valence-corrected chi connectivity index (χ2v) is 5.29. The molecule has 2 aliphatic rings. The van der Waals surface area contributed by atoms with Crippen molar-refractivity contribution in [2.75, 3.05) is 12.3 Å². The second-order valence-electron chi connectivity index (χ2n) is 5.29. The predicted octanol–water partition coefficient (Wildman–Crippen LogP) is 0.480. The number of rotatable bonds is 3. The summed E-state index contributed by atoms with van der Waals surface area (Å²) < 4.78 is 0. The van der Waals surface area contributed by atoms with E-state index in [0.29, 0.717) is 24.0 Å². The molecule has 1 unspecified atom stereocenters. The molecule has 1 saturated heterocycles. The van der Waals surface area contributed by atoms with Gasteiger partial charge in [0.1, 0.15) is 11.7 Å². The molecule has 1 aromatic heterocycles. The minimum atomic E-state index is -0.336. The zero-order valence-electron chi connectivity index (χ0n) is 10.7. The summed E-state index contributed by atoms with van der Waals surface area (Å²) >= 11 is 0. The maximum absolute atomic E-state index is 12.3. The fourth-order valence-electron chi connectivity index (χ4n) is 2.50. The second kappa shape index (κ2) is 4.60. The monoisotopic (exact) mass is 262 g/mol. The molecule has 1 aliphatic carbocycles. The highest BCUT2D eigenvalue weighted by molar-refractivity contribution is 5.97. The number of nitrogens with two attached hydrogens (primary N) is 1. The smallest absolute Gasteiger partial charge is 0.271 e. The van der Waals surface area contributed by atoms with E-state index in [-0.39, 0.29) is 17.9 Å². The van der Waals surface area contributed by atoms with Crippen molar-refractivity contribution in [3.05, 3.63) is 18.0 Å². The number of carbonyl (C=O) groups excluding carboxylic acids is 2. The molecule has 0 radical (unpaired) electrons. The SMILES string of the molecule is Nc1c[nH]c(C(=O)N2CCCC2C(=O)NC2CC2)c1. The van der Waals surface area contributed by atoms with Crippen LogP contribution in [0.3, 0.4) is 0 Å². The van der Waals surface area contributed by atoms with Crippen LogP contribution in [0, 0.1) is 0 Å². The number of anilines is 1. The Hall–Kier alpha value is -1.98. The quantitative estimate of drug-likeness (QED) is 0.740. The van der Waals surface area contributed by atoms with Crippen molar-refractivity contribution in [1.29, 1.82) is 0 Å². The third-order valence-corrected chi connectivity index (χ3v) is 3.68. The molecular weight excluding hydrogens is 244 g/mol. The van der Waals surface area contributed by atoms with E-state index in [4.69, 9.17) is 5.73 Å². The first-order chi connectivity index (χ1) is 9.15. The number of likely N-dealkylation sites (tertiary alicyclic amines) is 1. The summed E-state index contributed by atoms with van der Waals surface area (Å²) in [5.74, 6) is -0.168. The van der Waals surface area contributed by atoms with Gasteiger partial charge in [-0.2, -0.15) is 0 Å². The van der Waals surface area contributed by atoms with Crippen molar-refractivity contribution < 1.29 is 9.59 Å². The number of H-pyrrole nitrogens is 1. The molecular formula is C13H18N4O2. The molecule has 3 rings (SSSR count). The summed E-state index contributed by atoms with van der Waals surface area (Å²) in [5.41, 5.74) is 6.58. The number of aromatic nitrogens is 1. The van der Waals surface area contributed by atoms with E-state index in [0.717, 1.165) is 25.7 Å². The van der Waals surface area contributed by atoms with Crippen molar-refractivity contribution in [3.63, 3.8) is 0 Å². The summed E-state index contributed by atoms with van der Waals surface area (Å²) in [6.07, 6.45) is 5.30. The lowest BCUT2D eigenvalue weighted by atomic mass is 10.2. The van der Waals surface area contributed by atoms with E-state index in [1.165, 1.54) is 0 Å². The van der Waals surface area contributed by atoms with Crippen LogP contribution in [0.15, 0.2) is 12.3 Å². The van der Waals surface area contributed by atoms with Gasteiger partial charge in [0.2, 0.25) is 5.91 Å². The summed E-state index contributed by atoms with van der Waals surface area (Å²) in [6, 6.07) is 1.60. The Morgan fingerprint density at radius 1 is 1.37 bits per heavy atom. The van der Waals surface area contributed by atoms with E-state index >= 15 is 0 Å². The van der Waals surface area contributed by atoms with Crippen LogP contribution in [0.2, 0.25) is 0 Å². The number of hydrogen-bond donors (Lipinski definition) is 3. The number of nitrogens with one attached hydrogen (secondary N) is 2. The molecule has 6 nitrogen and oxygen atoms in total. The Balaban J connectivity index is 1.71. The highest BCUT2D eigenvalue weighted by Crippen LogP contribution is 2.23. The molecule has 6 heteroatoms. The van der Waals surface area contributed by atoms with Crippen LogP contribution in [-0.2, 0) is 4.79 Å². The number of aromatic amines is 1. The number of hydrogen-bond acceptors (Lipinski definition) is 3. The third kappa shape index (κ3) is 2.43. The Kier molecular flexibility index (Phi) is 2.93. The van der Waals surface area contributed by atoms with Crippen LogP contribution in [0.25, 0.3) is 0 Å². The number of nitrogens with zero attached hydrogens (tertiary/aromatic N) is 1. The van der Waals surface area contributed by atoms with Gasteiger partial charge in [-0.3, -0.25) is 9.59 Å². The molecule has 2 fully saturated rings. The summed E-state index contributed by atoms with van der Waals surface area (Å²) in [5, 5.41) is 2.97. The molecule has 19 heavy (non-hydrogen) atoms. The van der Waals surface area contributed by atoms with E-state index in [2.05, 4.69) is 10.3 Å². The van der Waals surface area contributed by atoms with Gasteiger partial charge in [0.15, 0.2) is 0 Å². The maximum Gasteiger partial charge on any atom is 0.271 e. The fourth-order valence-corrected chi connectivity index (χ4v) is 2.50. The lowest BCUT2D eigenvalue weighted by Gasteiger charge is -2.23. The van der Waals surface area contributed by atoms with Gasteiger partial charge in [0.25, 0.3) is 5.91 Å². The average molecular weight is 262 g/mol.